The van der Waals surface area contributed by atoms with E-state index in [4.69, 9.17) is 5.11 Å². The summed E-state index contributed by atoms with van der Waals surface area (Å²) in [7, 11) is 0. The Bertz CT molecular complexity index is 722. The largest absolute Gasteiger partial charge is 0.477 e. The third-order valence-corrected chi connectivity index (χ3v) is 3.57. The zero-order chi connectivity index (χ0) is 17.4. The molecule has 0 amide bonds. The molecule has 0 unspecified atom stereocenters. The number of pyridine rings is 2. The molecule has 2 aromatic heterocycles. The van der Waals surface area contributed by atoms with E-state index in [-0.39, 0.29) is 31.2 Å². The predicted molar refractivity (Wildman–Crippen MR) is 92.8 cm³/mol. The molecule has 1 radical (unpaired) electrons. The Morgan fingerprint density at radius 1 is 0.960 bits per heavy atom. The van der Waals surface area contributed by atoms with Crippen LogP contribution in [-0.4, -0.2) is 21.0 Å². The van der Waals surface area contributed by atoms with E-state index in [1.54, 1.807) is 12.1 Å². The normalized spacial score (nSPS) is 10.0. The number of aromatic nitrogens is 2. The molecule has 1 aromatic carbocycles. The summed E-state index contributed by atoms with van der Waals surface area (Å²) in [6.07, 6.45) is 3.28. The summed E-state index contributed by atoms with van der Waals surface area (Å²) in [5.41, 5.74) is 2.25. The molecule has 0 fully saturated rings. The molecule has 2 heterocycles. The van der Waals surface area contributed by atoms with Crippen LogP contribution in [0.15, 0.2) is 73.1 Å². The van der Waals surface area contributed by atoms with E-state index in [1.807, 2.05) is 36.5 Å². The topological polar surface area (TPSA) is 63.1 Å². The molecule has 0 aliphatic heterocycles. The molecule has 0 saturated carbocycles. The van der Waals surface area contributed by atoms with Gasteiger partial charge < -0.3 is 5.11 Å². The van der Waals surface area contributed by atoms with Crippen LogP contribution in [0.4, 0.5) is 0 Å². The molecule has 1 N–H and O–H groups in total. The van der Waals surface area contributed by atoms with Crippen LogP contribution in [0.1, 0.15) is 35.6 Å². The number of carbonyl (C=O) groups is 1. The van der Waals surface area contributed by atoms with E-state index in [1.165, 1.54) is 17.8 Å². The van der Waals surface area contributed by atoms with Crippen molar-refractivity contribution < 1.29 is 30.0 Å². The summed E-state index contributed by atoms with van der Waals surface area (Å²) in [5, 5.41) is 8.32. The Hall–Kier alpha value is -2.36. The van der Waals surface area contributed by atoms with Gasteiger partial charge in [-0.25, -0.2) is 9.78 Å². The van der Waals surface area contributed by atoms with Crippen molar-refractivity contribution in [2.75, 3.05) is 0 Å². The van der Waals surface area contributed by atoms with Crippen molar-refractivity contribution in [1.82, 2.24) is 9.97 Å². The van der Waals surface area contributed by atoms with Gasteiger partial charge in [0, 0.05) is 43.6 Å². The van der Waals surface area contributed by atoms with Crippen molar-refractivity contribution in [3.05, 3.63) is 96.1 Å². The van der Waals surface area contributed by atoms with Gasteiger partial charge in [0.25, 0.3) is 0 Å². The van der Waals surface area contributed by atoms with Gasteiger partial charge in [-0.3, -0.25) is 4.98 Å². The van der Waals surface area contributed by atoms with E-state index in [9.17, 15) is 4.79 Å². The second kappa shape index (κ2) is 9.82. The smallest absolute Gasteiger partial charge is 0.354 e. The van der Waals surface area contributed by atoms with Gasteiger partial charge in [-0.1, -0.05) is 26.0 Å². The Balaban J connectivity index is 0.000000270. The molecule has 0 spiro atoms. The summed E-state index contributed by atoms with van der Waals surface area (Å²) < 4.78 is 0. The fraction of sp³-hybridized carbons (Fsp3) is 0.150. The van der Waals surface area contributed by atoms with Gasteiger partial charge in [0.05, 0.1) is 0 Å². The molecule has 0 atom stereocenters. The van der Waals surface area contributed by atoms with E-state index in [0.717, 1.165) is 5.69 Å². The third-order valence-electron chi connectivity index (χ3n) is 3.57. The molecular formula is C20H19IrN2O2-. The van der Waals surface area contributed by atoms with Gasteiger partial charge in [-0.2, -0.15) is 35.9 Å². The molecule has 3 aromatic rings. The molecule has 5 heteroatoms. The van der Waals surface area contributed by atoms with Crippen LogP contribution in [0, 0.1) is 6.07 Å². The first-order chi connectivity index (χ1) is 11.5. The first-order valence-corrected chi connectivity index (χ1v) is 7.55. The number of carboxylic acid groups (broad SMARTS) is 1. The summed E-state index contributed by atoms with van der Waals surface area (Å²) >= 11 is 0. The quantitative estimate of drug-likeness (QED) is 0.541. The molecule has 25 heavy (non-hydrogen) atoms. The van der Waals surface area contributed by atoms with E-state index >= 15 is 0 Å². The van der Waals surface area contributed by atoms with Crippen LogP contribution in [0.25, 0.3) is 0 Å². The first kappa shape index (κ1) is 20.7. The number of carboxylic acids is 1. The minimum absolute atomic E-state index is 0. The third kappa shape index (κ3) is 5.89. The molecule has 0 bridgehead atoms. The van der Waals surface area contributed by atoms with E-state index in [2.05, 4.69) is 42.0 Å². The van der Waals surface area contributed by atoms with Gasteiger partial charge in [0.2, 0.25) is 0 Å². The Morgan fingerprint density at radius 2 is 1.60 bits per heavy atom. The fourth-order valence-corrected chi connectivity index (χ4v) is 2.14. The number of nitrogens with zero attached hydrogens (tertiary/aromatic N) is 2. The Kier molecular flexibility index (Phi) is 8.12. The number of hydrogen-bond acceptors (Lipinski definition) is 3. The second-order valence-corrected chi connectivity index (χ2v) is 5.64. The molecular weight excluding hydrogens is 492 g/mol. The minimum atomic E-state index is -0.990. The molecule has 3 rings (SSSR count). The van der Waals surface area contributed by atoms with Crippen molar-refractivity contribution in [3.8, 4) is 0 Å². The van der Waals surface area contributed by atoms with Gasteiger partial charge >= 0.3 is 5.97 Å². The predicted octanol–water partition coefficient (Wildman–Crippen LogP) is 3.98. The monoisotopic (exact) mass is 512 g/mol. The maximum atomic E-state index is 10.1. The molecule has 131 valence electrons. The van der Waals surface area contributed by atoms with Gasteiger partial charge in [0.15, 0.2) is 0 Å². The van der Waals surface area contributed by atoms with Gasteiger partial charge in [-0.15, -0.1) is 0 Å². The van der Waals surface area contributed by atoms with Crippen molar-refractivity contribution in [2.24, 2.45) is 0 Å². The average Bonchev–Trinajstić information content (AvgIpc) is 2.64. The molecule has 4 nitrogen and oxygen atoms in total. The van der Waals surface area contributed by atoms with E-state index in [0.29, 0.717) is 0 Å². The molecule has 0 saturated heterocycles. The Labute approximate surface area is 161 Å². The van der Waals surface area contributed by atoms with Crippen molar-refractivity contribution in [3.63, 3.8) is 0 Å². The van der Waals surface area contributed by atoms with Crippen LogP contribution < -0.4 is 0 Å². The van der Waals surface area contributed by atoms with Gasteiger partial charge in [-0.05, 0) is 24.3 Å². The zero-order valence-electron chi connectivity index (χ0n) is 14.0. The SMILES string of the molecule is CC(C)(c1[c-]cccc1)c1ccccn1.O=C(O)c1ccccn1.[Ir]. The van der Waals surface area contributed by atoms with Gasteiger partial charge in [0.1, 0.15) is 5.69 Å². The van der Waals surface area contributed by atoms with Crippen molar-refractivity contribution in [2.45, 2.75) is 19.3 Å². The number of rotatable bonds is 3. The minimum Gasteiger partial charge on any atom is -0.477 e. The average molecular weight is 512 g/mol. The first-order valence-electron chi connectivity index (χ1n) is 7.55. The number of hydrogen-bond donors (Lipinski definition) is 1. The molecule has 0 aliphatic rings. The van der Waals surface area contributed by atoms with Crippen LogP contribution in [0.2, 0.25) is 0 Å². The number of aromatic carboxylic acids is 1. The van der Waals surface area contributed by atoms with Crippen LogP contribution in [0.5, 0.6) is 0 Å². The maximum absolute atomic E-state index is 10.1. The van der Waals surface area contributed by atoms with Crippen molar-refractivity contribution >= 4 is 5.97 Å². The van der Waals surface area contributed by atoms with Crippen LogP contribution in [0.3, 0.4) is 0 Å². The fourth-order valence-electron chi connectivity index (χ4n) is 2.14. The summed E-state index contributed by atoms with van der Waals surface area (Å²) in [5.74, 6) is -0.990. The summed E-state index contributed by atoms with van der Waals surface area (Å²) in [6.45, 7) is 4.34. The maximum Gasteiger partial charge on any atom is 0.354 e. The molecule has 0 aliphatic carbocycles. The van der Waals surface area contributed by atoms with Crippen molar-refractivity contribution in [1.29, 1.82) is 0 Å². The summed E-state index contributed by atoms with van der Waals surface area (Å²) in [4.78, 5) is 18.1. The van der Waals surface area contributed by atoms with Crippen LogP contribution in [-0.2, 0) is 25.5 Å². The summed E-state index contributed by atoms with van der Waals surface area (Å²) in [6, 6.07) is 22.1. The Morgan fingerprint density at radius 3 is 2.04 bits per heavy atom. The number of benzene rings is 1. The standard InChI is InChI=1S/C14H14N.C6H5NO2.Ir/c1-14(2,12-8-4-3-5-9-12)13-10-6-7-11-15-13;8-6(9)5-3-1-2-4-7-5;/h3-8,10-11H,1-2H3;1-4H,(H,8,9);/q-1;;. The van der Waals surface area contributed by atoms with E-state index < -0.39 is 5.97 Å². The zero-order valence-corrected chi connectivity index (χ0v) is 16.4. The second-order valence-electron chi connectivity index (χ2n) is 5.64. The van der Waals surface area contributed by atoms with Crippen LogP contribution >= 0.6 is 0 Å².